The van der Waals surface area contributed by atoms with Crippen LogP contribution in [0.3, 0.4) is 0 Å². The number of aromatic amines is 1. The number of hydrogen-bond donors (Lipinski definition) is 3. The van der Waals surface area contributed by atoms with Gasteiger partial charge in [-0.05, 0) is 31.0 Å². The highest BCUT2D eigenvalue weighted by molar-refractivity contribution is 6.02. The number of hydrogen-bond acceptors (Lipinski definition) is 4. The van der Waals surface area contributed by atoms with Crippen molar-refractivity contribution in [1.82, 2.24) is 20.2 Å². The fourth-order valence-electron chi connectivity index (χ4n) is 4.03. The average Bonchev–Trinajstić information content (AvgIpc) is 3.39. The van der Waals surface area contributed by atoms with Crippen LogP contribution in [0, 0.1) is 0 Å². The number of ether oxygens (including phenoxy) is 2. The minimum atomic E-state index is -0.685. The summed E-state index contributed by atoms with van der Waals surface area (Å²) >= 11 is 0. The summed E-state index contributed by atoms with van der Waals surface area (Å²) in [5, 5.41) is 7.64. The van der Waals surface area contributed by atoms with Gasteiger partial charge in [-0.1, -0.05) is 18.2 Å². The van der Waals surface area contributed by atoms with Crippen LogP contribution in [0.5, 0.6) is 11.5 Å². The first kappa shape index (κ1) is 22.3. The average molecular weight is 449 g/mol. The molecule has 172 valence electrons. The molecule has 0 bridgehead atoms. The van der Waals surface area contributed by atoms with Crippen LogP contribution in [0.15, 0.2) is 48.7 Å². The van der Waals surface area contributed by atoms with Crippen molar-refractivity contribution in [3.8, 4) is 11.5 Å². The van der Waals surface area contributed by atoms with Gasteiger partial charge in [0.15, 0.2) is 0 Å². The zero-order valence-electron chi connectivity index (χ0n) is 19.2. The lowest BCUT2D eigenvalue weighted by molar-refractivity contribution is -0.122. The van der Waals surface area contributed by atoms with Gasteiger partial charge in [0.05, 0.1) is 19.7 Å². The molecule has 2 heterocycles. The Balaban J connectivity index is 1.40. The normalized spacial score (nSPS) is 12.0. The number of aryl methyl sites for hydroxylation is 1. The van der Waals surface area contributed by atoms with Crippen LogP contribution >= 0.6 is 0 Å². The molecule has 0 saturated carbocycles. The van der Waals surface area contributed by atoms with Gasteiger partial charge < -0.3 is 29.7 Å². The highest BCUT2D eigenvalue weighted by Gasteiger charge is 2.21. The molecule has 4 aromatic rings. The second-order valence-corrected chi connectivity index (χ2v) is 7.95. The standard InChI is InChI=1S/C25H28N4O4/c1-15(24(30)26-10-9-16-14-27-20-8-6-5-7-18(16)20)28-25(31)22-13-19-21(29(22)2)11-17(32-3)12-23(19)33-4/h5-8,11-15,27H,9-10H2,1-4H3,(H,26,30)(H,28,31)/t15-/m0/s1. The summed E-state index contributed by atoms with van der Waals surface area (Å²) in [6.07, 6.45) is 2.66. The second-order valence-electron chi connectivity index (χ2n) is 7.95. The quantitative estimate of drug-likeness (QED) is 0.386. The van der Waals surface area contributed by atoms with Crippen molar-refractivity contribution in [3.63, 3.8) is 0 Å². The lowest BCUT2D eigenvalue weighted by Crippen LogP contribution is -2.45. The molecular formula is C25H28N4O4. The Bertz CT molecular complexity index is 1320. The number of methoxy groups -OCH3 is 2. The van der Waals surface area contributed by atoms with Gasteiger partial charge in [-0.15, -0.1) is 0 Å². The van der Waals surface area contributed by atoms with Gasteiger partial charge >= 0.3 is 0 Å². The second kappa shape index (κ2) is 9.28. The van der Waals surface area contributed by atoms with Gasteiger partial charge in [0.2, 0.25) is 5.91 Å². The fraction of sp³-hybridized carbons (Fsp3) is 0.280. The zero-order chi connectivity index (χ0) is 23.5. The molecule has 8 heteroatoms. The van der Waals surface area contributed by atoms with Crippen LogP contribution in [0.25, 0.3) is 21.8 Å². The monoisotopic (exact) mass is 448 g/mol. The van der Waals surface area contributed by atoms with E-state index in [0.717, 1.165) is 27.4 Å². The molecule has 0 unspecified atom stereocenters. The van der Waals surface area contributed by atoms with E-state index in [9.17, 15) is 9.59 Å². The van der Waals surface area contributed by atoms with Crippen LogP contribution in [0.4, 0.5) is 0 Å². The molecule has 4 rings (SSSR count). The van der Waals surface area contributed by atoms with Crippen molar-refractivity contribution in [2.24, 2.45) is 7.05 Å². The summed E-state index contributed by atoms with van der Waals surface area (Å²) < 4.78 is 12.5. The summed E-state index contributed by atoms with van der Waals surface area (Å²) in [5.41, 5.74) is 3.44. The summed E-state index contributed by atoms with van der Waals surface area (Å²) in [6.45, 7) is 2.15. The van der Waals surface area contributed by atoms with Crippen molar-refractivity contribution >= 4 is 33.6 Å². The first-order valence-electron chi connectivity index (χ1n) is 10.8. The molecule has 1 atom stereocenters. The van der Waals surface area contributed by atoms with Crippen LogP contribution in [-0.2, 0) is 18.3 Å². The maximum absolute atomic E-state index is 12.9. The van der Waals surface area contributed by atoms with E-state index in [-0.39, 0.29) is 11.8 Å². The topological polar surface area (TPSA) is 97.4 Å². The minimum absolute atomic E-state index is 0.235. The van der Waals surface area contributed by atoms with E-state index in [1.807, 2.05) is 30.5 Å². The van der Waals surface area contributed by atoms with Crippen molar-refractivity contribution in [2.75, 3.05) is 20.8 Å². The molecule has 0 aliphatic heterocycles. The number of rotatable bonds is 8. The van der Waals surface area contributed by atoms with Crippen molar-refractivity contribution in [1.29, 1.82) is 0 Å². The molecule has 2 amide bonds. The van der Waals surface area contributed by atoms with E-state index in [2.05, 4.69) is 21.7 Å². The van der Waals surface area contributed by atoms with Gasteiger partial charge in [-0.25, -0.2) is 0 Å². The largest absolute Gasteiger partial charge is 0.497 e. The van der Waals surface area contributed by atoms with E-state index >= 15 is 0 Å². The Hall–Kier alpha value is -3.94. The molecule has 0 saturated heterocycles. The number of nitrogens with zero attached hydrogens (tertiary/aromatic N) is 1. The first-order chi connectivity index (χ1) is 15.9. The number of carbonyl (C=O) groups is 2. The van der Waals surface area contributed by atoms with Crippen molar-refractivity contribution in [2.45, 2.75) is 19.4 Å². The molecular weight excluding hydrogens is 420 g/mol. The molecule has 0 fully saturated rings. The number of H-pyrrole nitrogens is 1. The third kappa shape index (κ3) is 4.37. The Morgan fingerprint density at radius 2 is 1.88 bits per heavy atom. The number of aromatic nitrogens is 2. The fourth-order valence-corrected chi connectivity index (χ4v) is 4.03. The van der Waals surface area contributed by atoms with Crippen LogP contribution in [-0.4, -0.2) is 48.2 Å². The molecule has 0 radical (unpaired) electrons. The Kier molecular flexibility index (Phi) is 6.26. The van der Waals surface area contributed by atoms with Gasteiger partial charge in [0, 0.05) is 48.2 Å². The Labute approximate surface area is 191 Å². The maximum atomic E-state index is 12.9. The number of para-hydroxylation sites is 1. The van der Waals surface area contributed by atoms with Crippen molar-refractivity contribution in [3.05, 3.63) is 59.9 Å². The van der Waals surface area contributed by atoms with E-state index in [4.69, 9.17) is 9.47 Å². The van der Waals surface area contributed by atoms with Gasteiger partial charge in [-0.2, -0.15) is 0 Å². The predicted molar refractivity (Wildman–Crippen MR) is 128 cm³/mol. The third-order valence-corrected chi connectivity index (χ3v) is 5.90. The third-order valence-electron chi connectivity index (χ3n) is 5.90. The molecule has 0 aliphatic carbocycles. The van der Waals surface area contributed by atoms with Crippen molar-refractivity contribution < 1.29 is 19.1 Å². The van der Waals surface area contributed by atoms with E-state index in [1.165, 1.54) is 0 Å². The summed E-state index contributed by atoms with van der Waals surface area (Å²) in [7, 11) is 4.95. The van der Waals surface area contributed by atoms with E-state index in [1.54, 1.807) is 44.9 Å². The molecule has 0 aliphatic rings. The highest BCUT2D eigenvalue weighted by Crippen LogP contribution is 2.33. The highest BCUT2D eigenvalue weighted by atomic mass is 16.5. The number of amides is 2. The molecule has 2 aromatic carbocycles. The van der Waals surface area contributed by atoms with Crippen LogP contribution < -0.4 is 20.1 Å². The van der Waals surface area contributed by atoms with Gasteiger partial charge in [-0.3, -0.25) is 9.59 Å². The van der Waals surface area contributed by atoms with Crippen LogP contribution in [0.1, 0.15) is 23.0 Å². The molecule has 2 aromatic heterocycles. The number of nitrogens with one attached hydrogen (secondary N) is 3. The van der Waals surface area contributed by atoms with E-state index < -0.39 is 6.04 Å². The lowest BCUT2D eigenvalue weighted by Gasteiger charge is -2.14. The van der Waals surface area contributed by atoms with Crippen LogP contribution in [0.2, 0.25) is 0 Å². The van der Waals surface area contributed by atoms with Gasteiger partial charge in [0.25, 0.3) is 5.91 Å². The maximum Gasteiger partial charge on any atom is 0.268 e. The lowest BCUT2D eigenvalue weighted by atomic mass is 10.1. The molecule has 33 heavy (non-hydrogen) atoms. The molecule has 8 nitrogen and oxygen atoms in total. The Morgan fingerprint density at radius 1 is 1.09 bits per heavy atom. The number of benzene rings is 2. The molecule has 0 spiro atoms. The minimum Gasteiger partial charge on any atom is -0.497 e. The predicted octanol–water partition coefficient (Wildman–Crippen LogP) is 3.15. The molecule has 3 N–H and O–H groups in total. The van der Waals surface area contributed by atoms with Gasteiger partial charge in [0.1, 0.15) is 23.2 Å². The van der Waals surface area contributed by atoms with E-state index in [0.29, 0.717) is 30.2 Å². The smallest absolute Gasteiger partial charge is 0.268 e. The SMILES string of the molecule is COc1cc(OC)c2cc(C(=O)N[C@@H](C)C(=O)NCCc3c[nH]c4ccccc34)n(C)c2c1. The summed E-state index contributed by atoms with van der Waals surface area (Å²) in [6, 6.07) is 12.7. The number of fused-ring (bicyclic) bond motifs is 2. The Morgan fingerprint density at radius 3 is 2.64 bits per heavy atom. The number of carbonyl (C=O) groups excluding carboxylic acids is 2. The first-order valence-corrected chi connectivity index (χ1v) is 10.8. The summed E-state index contributed by atoms with van der Waals surface area (Å²) in [4.78, 5) is 28.7. The zero-order valence-corrected chi connectivity index (χ0v) is 19.2. The summed E-state index contributed by atoms with van der Waals surface area (Å²) in [5.74, 6) is 0.674.